The van der Waals surface area contributed by atoms with Gasteiger partial charge in [0.1, 0.15) is 0 Å². The molecule has 11 rings (SSSR count). The Labute approximate surface area is 345 Å². The fourth-order valence-corrected chi connectivity index (χ4v) is 8.65. The van der Waals surface area contributed by atoms with Gasteiger partial charge in [0.25, 0.3) is 0 Å². The van der Waals surface area contributed by atoms with Crippen LogP contribution in [-0.2, 0) is 0 Å². The molecule has 59 heavy (non-hydrogen) atoms. The first-order valence-corrected chi connectivity index (χ1v) is 20.5. The third-order valence-corrected chi connectivity index (χ3v) is 11.3. The van der Waals surface area contributed by atoms with E-state index >= 15 is 0 Å². The summed E-state index contributed by atoms with van der Waals surface area (Å²) in [5, 5.41) is 4.99. The molecule has 0 radical (unpaired) electrons. The number of fused-ring (bicyclic) bond motifs is 6. The molecular formula is C56H43N3. The number of hydrogen-bond donors (Lipinski definition) is 0. The van der Waals surface area contributed by atoms with Gasteiger partial charge in [0.15, 0.2) is 0 Å². The molecule has 9 aromatic carbocycles. The number of rotatable bonds is 7. The molecule has 2 aromatic heterocycles. The molecule has 0 bridgehead atoms. The summed E-state index contributed by atoms with van der Waals surface area (Å²) >= 11 is 0. The van der Waals surface area contributed by atoms with Crippen LogP contribution in [0.15, 0.2) is 224 Å². The van der Waals surface area contributed by atoms with Crippen LogP contribution < -0.4 is 4.90 Å². The molecule has 0 amide bonds. The van der Waals surface area contributed by atoms with Crippen molar-refractivity contribution >= 4 is 60.7 Å². The lowest BCUT2D eigenvalue weighted by Crippen LogP contribution is -2.10. The van der Waals surface area contributed by atoms with E-state index < -0.39 is 0 Å². The molecule has 0 aliphatic rings. The fraction of sp³-hybridized carbons (Fsp3) is 0.0357. The third-order valence-electron chi connectivity index (χ3n) is 11.3. The monoisotopic (exact) mass is 757 g/mol. The van der Waals surface area contributed by atoms with Crippen LogP contribution in [-0.4, -0.2) is 9.13 Å². The van der Waals surface area contributed by atoms with Crippen molar-refractivity contribution in [3.8, 4) is 33.6 Å². The van der Waals surface area contributed by atoms with Crippen molar-refractivity contribution in [1.82, 2.24) is 9.13 Å². The van der Waals surface area contributed by atoms with E-state index in [1.165, 1.54) is 71.6 Å². The van der Waals surface area contributed by atoms with Gasteiger partial charge >= 0.3 is 0 Å². The van der Waals surface area contributed by atoms with E-state index in [2.05, 4.69) is 238 Å². The maximum Gasteiger partial charge on any atom is 0.0541 e. The van der Waals surface area contributed by atoms with E-state index in [1.807, 2.05) is 13.8 Å². The van der Waals surface area contributed by atoms with Gasteiger partial charge in [-0.1, -0.05) is 141 Å². The first-order valence-electron chi connectivity index (χ1n) is 20.5. The second kappa shape index (κ2) is 15.4. The molecule has 11 aromatic rings. The van der Waals surface area contributed by atoms with E-state index in [9.17, 15) is 0 Å². The van der Waals surface area contributed by atoms with Crippen molar-refractivity contribution in [2.45, 2.75) is 13.8 Å². The molecular weight excluding hydrogens is 715 g/mol. The third kappa shape index (κ3) is 6.34. The maximum absolute atomic E-state index is 2.40. The topological polar surface area (TPSA) is 13.1 Å². The second-order valence-corrected chi connectivity index (χ2v) is 14.6. The minimum Gasteiger partial charge on any atom is -0.311 e. The highest BCUT2D eigenvalue weighted by atomic mass is 15.1. The molecule has 0 spiro atoms. The average Bonchev–Trinajstić information content (AvgIpc) is 3.83. The van der Waals surface area contributed by atoms with Crippen molar-refractivity contribution in [1.29, 1.82) is 0 Å². The summed E-state index contributed by atoms with van der Waals surface area (Å²) in [7, 11) is 0. The summed E-state index contributed by atoms with van der Waals surface area (Å²) in [4.78, 5) is 2.32. The number of anilines is 3. The summed E-state index contributed by atoms with van der Waals surface area (Å²) in [5.74, 6) is 0. The zero-order chi connectivity index (χ0) is 39.7. The Bertz CT molecular complexity index is 3200. The number of hydrogen-bond acceptors (Lipinski definition) is 1. The van der Waals surface area contributed by atoms with Crippen LogP contribution in [0, 0.1) is 0 Å². The Kier molecular flexibility index (Phi) is 9.32. The Morgan fingerprint density at radius 2 is 0.627 bits per heavy atom. The Balaban J connectivity index is 0.00000207. The van der Waals surface area contributed by atoms with Gasteiger partial charge in [-0.2, -0.15) is 0 Å². The molecule has 2 heterocycles. The molecule has 0 aliphatic heterocycles. The fourth-order valence-electron chi connectivity index (χ4n) is 8.65. The van der Waals surface area contributed by atoms with Gasteiger partial charge < -0.3 is 14.0 Å². The van der Waals surface area contributed by atoms with Crippen molar-refractivity contribution in [2.24, 2.45) is 0 Å². The van der Waals surface area contributed by atoms with E-state index in [0.29, 0.717) is 0 Å². The summed E-state index contributed by atoms with van der Waals surface area (Å²) in [6, 6.07) is 81.0. The molecule has 0 fully saturated rings. The predicted octanol–water partition coefficient (Wildman–Crippen LogP) is 15.7. The van der Waals surface area contributed by atoms with Gasteiger partial charge in [0.05, 0.1) is 22.1 Å². The minimum absolute atomic E-state index is 1.10. The highest BCUT2D eigenvalue weighted by molar-refractivity contribution is 6.12. The Morgan fingerprint density at radius 1 is 0.271 bits per heavy atom. The first kappa shape index (κ1) is 35.8. The quantitative estimate of drug-likeness (QED) is 0.158. The highest BCUT2D eigenvalue weighted by Crippen LogP contribution is 2.40. The zero-order valence-corrected chi connectivity index (χ0v) is 33.2. The number of para-hydroxylation sites is 4. The first-order chi connectivity index (χ1) is 29.3. The van der Waals surface area contributed by atoms with Crippen LogP contribution in [0.4, 0.5) is 17.1 Å². The van der Waals surface area contributed by atoms with E-state index in [-0.39, 0.29) is 0 Å². The normalized spacial score (nSPS) is 11.2. The Morgan fingerprint density at radius 3 is 1.15 bits per heavy atom. The molecule has 0 saturated heterocycles. The summed E-state index contributed by atoms with van der Waals surface area (Å²) in [5.41, 5.74) is 15.3. The highest BCUT2D eigenvalue weighted by Gasteiger charge is 2.17. The molecule has 0 aliphatic carbocycles. The summed E-state index contributed by atoms with van der Waals surface area (Å²) < 4.78 is 4.77. The Hall–Kier alpha value is -7.62. The van der Waals surface area contributed by atoms with Crippen LogP contribution >= 0.6 is 0 Å². The number of aromatic nitrogens is 2. The van der Waals surface area contributed by atoms with Crippen molar-refractivity contribution < 1.29 is 0 Å². The molecule has 0 N–H and O–H groups in total. The summed E-state index contributed by atoms with van der Waals surface area (Å²) in [6.07, 6.45) is 0. The standard InChI is InChI=1S/C54H37N3.C2H6/c1-4-14-38(15-5-1)39-24-28-44(29-25-39)55(42-16-6-2-7-17-42)45-30-32-46(33-31-45)57-52-23-13-11-21-48(52)50-37-41(27-35-54(50)57)40-26-34-53-49(36-40)47-20-10-12-22-51(47)56(53)43-18-8-3-9-19-43;1-2/h1-37H;1-2H3. The molecule has 3 heteroatoms. The van der Waals surface area contributed by atoms with Crippen LogP contribution in [0.3, 0.4) is 0 Å². The maximum atomic E-state index is 2.40. The van der Waals surface area contributed by atoms with Crippen LogP contribution in [0.1, 0.15) is 13.8 Å². The predicted molar refractivity (Wildman–Crippen MR) is 252 cm³/mol. The minimum atomic E-state index is 1.10. The molecule has 282 valence electrons. The van der Waals surface area contributed by atoms with Crippen molar-refractivity contribution in [3.63, 3.8) is 0 Å². The molecule has 0 atom stereocenters. The number of nitrogens with zero attached hydrogens (tertiary/aromatic N) is 3. The molecule has 3 nitrogen and oxygen atoms in total. The SMILES string of the molecule is CC.c1ccc(-c2ccc(N(c3ccccc3)c3ccc(-n4c5ccccc5c5cc(-c6ccc7c(c6)c6ccccc6n7-c6ccccc6)ccc54)cc3)cc2)cc1. The van der Waals surface area contributed by atoms with E-state index in [0.717, 1.165) is 22.7 Å². The van der Waals surface area contributed by atoms with Gasteiger partial charge in [-0.3, -0.25) is 0 Å². The zero-order valence-electron chi connectivity index (χ0n) is 33.2. The number of benzene rings is 9. The second-order valence-electron chi connectivity index (χ2n) is 14.6. The largest absolute Gasteiger partial charge is 0.311 e. The van der Waals surface area contributed by atoms with Crippen LogP contribution in [0.5, 0.6) is 0 Å². The van der Waals surface area contributed by atoms with E-state index in [4.69, 9.17) is 0 Å². The van der Waals surface area contributed by atoms with Gasteiger partial charge in [-0.15, -0.1) is 0 Å². The molecule has 0 unspecified atom stereocenters. The molecule has 0 saturated carbocycles. The van der Waals surface area contributed by atoms with Gasteiger partial charge in [-0.25, -0.2) is 0 Å². The van der Waals surface area contributed by atoms with E-state index in [1.54, 1.807) is 0 Å². The lowest BCUT2D eigenvalue weighted by molar-refractivity contribution is 1.17. The average molecular weight is 758 g/mol. The van der Waals surface area contributed by atoms with Crippen molar-refractivity contribution in [3.05, 3.63) is 224 Å². The van der Waals surface area contributed by atoms with Gasteiger partial charge in [0.2, 0.25) is 0 Å². The van der Waals surface area contributed by atoms with Crippen LogP contribution in [0.25, 0.3) is 77.2 Å². The summed E-state index contributed by atoms with van der Waals surface area (Å²) in [6.45, 7) is 4.00. The van der Waals surface area contributed by atoms with Crippen molar-refractivity contribution in [2.75, 3.05) is 4.90 Å². The lowest BCUT2D eigenvalue weighted by Gasteiger charge is -2.26. The van der Waals surface area contributed by atoms with Gasteiger partial charge in [-0.05, 0) is 119 Å². The smallest absolute Gasteiger partial charge is 0.0541 e. The lowest BCUT2D eigenvalue weighted by atomic mass is 10.0. The van der Waals surface area contributed by atoms with Crippen LogP contribution in [0.2, 0.25) is 0 Å². The van der Waals surface area contributed by atoms with Gasteiger partial charge in [0, 0.05) is 50.0 Å².